The molecule has 4 nitrogen and oxygen atoms in total. The van der Waals surface area contributed by atoms with E-state index < -0.39 is 0 Å². The zero-order chi connectivity index (χ0) is 19.8. The molecule has 0 aliphatic carbocycles. The van der Waals surface area contributed by atoms with Gasteiger partial charge in [0, 0.05) is 24.5 Å². The number of furan rings is 1. The van der Waals surface area contributed by atoms with Gasteiger partial charge in [-0.2, -0.15) is 0 Å². The third-order valence-corrected chi connectivity index (χ3v) is 5.83. The van der Waals surface area contributed by atoms with Crippen molar-refractivity contribution < 1.29 is 13.9 Å². The van der Waals surface area contributed by atoms with E-state index in [1.54, 1.807) is 19.1 Å². The number of benzene rings is 3. The molecule has 0 radical (unpaired) electrons. The van der Waals surface area contributed by atoms with Crippen LogP contribution in [0, 0.1) is 6.92 Å². The first-order valence-electron chi connectivity index (χ1n) is 8.98. The number of fused-ring (bicyclic) bond motifs is 2. The molecule has 0 aliphatic rings. The van der Waals surface area contributed by atoms with Crippen molar-refractivity contribution in [3.8, 4) is 5.75 Å². The van der Waals surface area contributed by atoms with E-state index >= 15 is 0 Å². The van der Waals surface area contributed by atoms with Crippen LogP contribution in [-0.2, 0) is 6.54 Å². The first-order valence-corrected chi connectivity index (χ1v) is 9.77. The van der Waals surface area contributed by atoms with E-state index in [4.69, 9.17) is 9.15 Å². The first kappa shape index (κ1) is 18.6. The molecule has 28 heavy (non-hydrogen) atoms. The summed E-state index contributed by atoms with van der Waals surface area (Å²) in [4.78, 5) is 14.6. The number of methoxy groups -OCH3 is 1. The van der Waals surface area contributed by atoms with E-state index in [1.807, 2.05) is 55.5 Å². The minimum absolute atomic E-state index is 0.121. The fourth-order valence-electron chi connectivity index (χ4n) is 3.47. The number of amides is 1. The van der Waals surface area contributed by atoms with Crippen LogP contribution in [0.4, 0.5) is 0 Å². The number of para-hydroxylation sites is 1. The van der Waals surface area contributed by atoms with Gasteiger partial charge in [0.2, 0.25) is 0 Å². The number of nitrogens with zero attached hydrogens (tertiary/aromatic N) is 1. The Morgan fingerprint density at radius 1 is 1.11 bits per heavy atom. The van der Waals surface area contributed by atoms with Gasteiger partial charge in [0.15, 0.2) is 5.76 Å². The smallest absolute Gasteiger partial charge is 0.289 e. The molecule has 0 saturated heterocycles. The highest BCUT2D eigenvalue weighted by Crippen LogP contribution is 2.33. The molecule has 0 bridgehead atoms. The Morgan fingerprint density at radius 2 is 1.89 bits per heavy atom. The lowest BCUT2D eigenvalue weighted by atomic mass is 10.1. The van der Waals surface area contributed by atoms with E-state index in [0.29, 0.717) is 12.3 Å². The van der Waals surface area contributed by atoms with Crippen molar-refractivity contribution in [1.82, 2.24) is 4.90 Å². The van der Waals surface area contributed by atoms with Crippen LogP contribution in [0.1, 0.15) is 21.7 Å². The summed E-state index contributed by atoms with van der Waals surface area (Å²) in [5.41, 5.74) is 2.66. The van der Waals surface area contributed by atoms with Crippen LogP contribution in [0.2, 0.25) is 0 Å². The summed E-state index contributed by atoms with van der Waals surface area (Å²) in [5, 5.41) is 3.14. The lowest BCUT2D eigenvalue weighted by molar-refractivity contribution is 0.0755. The van der Waals surface area contributed by atoms with Gasteiger partial charge in [0.1, 0.15) is 11.3 Å². The molecule has 142 valence electrons. The average molecular weight is 438 g/mol. The number of aryl methyl sites for hydroxylation is 1. The van der Waals surface area contributed by atoms with Gasteiger partial charge in [-0.25, -0.2) is 0 Å². The van der Waals surface area contributed by atoms with E-state index in [2.05, 4.69) is 22.0 Å². The van der Waals surface area contributed by atoms with Crippen molar-refractivity contribution in [3.05, 3.63) is 76.0 Å². The molecule has 0 saturated carbocycles. The molecule has 3 aromatic carbocycles. The van der Waals surface area contributed by atoms with Crippen molar-refractivity contribution in [2.75, 3.05) is 14.2 Å². The van der Waals surface area contributed by atoms with Gasteiger partial charge in [-0.05, 0) is 57.4 Å². The molecule has 1 amide bonds. The first-order chi connectivity index (χ1) is 13.5. The fourth-order valence-corrected chi connectivity index (χ4v) is 4.13. The SMILES string of the molecule is COc1ccc2cc(CN(C)C(=O)c3oc4ccccc4c3C)ccc2c1Br. The molecule has 4 rings (SSSR count). The summed E-state index contributed by atoms with van der Waals surface area (Å²) < 4.78 is 12.1. The van der Waals surface area contributed by atoms with E-state index in [-0.39, 0.29) is 5.91 Å². The Balaban J connectivity index is 1.61. The Morgan fingerprint density at radius 3 is 2.64 bits per heavy atom. The van der Waals surface area contributed by atoms with Crippen molar-refractivity contribution in [1.29, 1.82) is 0 Å². The van der Waals surface area contributed by atoms with Gasteiger partial charge in [0.05, 0.1) is 11.6 Å². The molecule has 0 aliphatic heterocycles. The summed E-state index contributed by atoms with van der Waals surface area (Å²) in [6.07, 6.45) is 0. The average Bonchev–Trinajstić information content (AvgIpc) is 3.04. The van der Waals surface area contributed by atoms with Gasteiger partial charge < -0.3 is 14.1 Å². The molecule has 5 heteroatoms. The summed E-state index contributed by atoms with van der Waals surface area (Å²) in [5.74, 6) is 1.08. The van der Waals surface area contributed by atoms with Gasteiger partial charge in [-0.3, -0.25) is 4.79 Å². The summed E-state index contributed by atoms with van der Waals surface area (Å²) >= 11 is 3.59. The highest BCUT2D eigenvalue weighted by atomic mass is 79.9. The van der Waals surface area contributed by atoms with Crippen molar-refractivity contribution in [3.63, 3.8) is 0 Å². The summed E-state index contributed by atoms with van der Waals surface area (Å²) in [6, 6.07) is 17.8. The van der Waals surface area contributed by atoms with Crippen molar-refractivity contribution in [2.24, 2.45) is 0 Å². The Hall–Kier alpha value is -2.79. The zero-order valence-electron chi connectivity index (χ0n) is 16.0. The molecule has 1 heterocycles. The number of carbonyl (C=O) groups excluding carboxylic acids is 1. The molecule has 4 aromatic rings. The predicted molar refractivity (Wildman–Crippen MR) is 115 cm³/mol. The molecular weight excluding hydrogens is 418 g/mol. The van der Waals surface area contributed by atoms with Crippen LogP contribution >= 0.6 is 15.9 Å². The van der Waals surface area contributed by atoms with Crippen LogP contribution in [0.15, 0.2) is 63.5 Å². The highest BCUT2D eigenvalue weighted by molar-refractivity contribution is 9.10. The predicted octanol–water partition coefficient (Wildman–Crippen LogP) is 5.94. The second kappa shape index (κ2) is 7.32. The molecule has 1 aromatic heterocycles. The van der Waals surface area contributed by atoms with Gasteiger partial charge in [-0.1, -0.05) is 36.4 Å². The number of ether oxygens (including phenoxy) is 1. The van der Waals surface area contributed by atoms with Crippen LogP contribution < -0.4 is 4.74 Å². The van der Waals surface area contributed by atoms with Gasteiger partial charge in [0.25, 0.3) is 5.91 Å². The number of halogens is 1. The van der Waals surface area contributed by atoms with Crippen LogP contribution in [0.25, 0.3) is 21.7 Å². The van der Waals surface area contributed by atoms with Gasteiger partial charge >= 0.3 is 0 Å². The summed E-state index contributed by atoms with van der Waals surface area (Å²) in [6.45, 7) is 2.42. The number of hydrogen-bond donors (Lipinski definition) is 0. The maximum Gasteiger partial charge on any atom is 0.289 e. The molecule has 0 unspecified atom stereocenters. The monoisotopic (exact) mass is 437 g/mol. The Bertz CT molecular complexity index is 1200. The van der Waals surface area contributed by atoms with Crippen LogP contribution in [-0.4, -0.2) is 25.0 Å². The minimum Gasteiger partial charge on any atom is -0.496 e. The maximum absolute atomic E-state index is 12.9. The molecular formula is C23H20BrNO3. The van der Waals surface area contributed by atoms with Crippen molar-refractivity contribution >= 4 is 43.6 Å². The molecule has 0 atom stereocenters. The van der Waals surface area contributed by atoms with Gasteiger partial charge in [-0.15, -0.1) is 0 Å². The minimum atomic E-state index is -0.121. The zero-order valence-corrected chi connectivity index (χ0v) is 17.5. The number of rotatable bonds is 4. The quantitative estimate of drug-likeness (QED) is 0.396. The molecule has 0 N–H and O–H groups in total. The lowest BCUT2D eigenvalue weighted by Gasteiger charge is -2.17. The number of carbonyl (C=O) groups is 1. The second-order valence-electron chi connectivity index (χ2n) is 6.85. The lowest BCUT2D eigenvalue weighted by Crippen LogP contribution is -2.26. The maximum atomic E-state index is 12.9. The summed E-state index contributed by atoms with van der Waals surface area (Å²) in [7, 11) is 3.45. The van der Waals surface area contributed by atoms with Crippen LogP contribution in [0.3, 0.4) is 0 Å². The van der Waals surface area contributed by atoms with Crippen LogP contribution in [0.5, 0.6) is 5.75 Å². The second-order valence-corrected chi connectivity index (χ2v) is 7.64. The third kappa shape index (κ3) is 3.16. The van der Waals surface area contributed by atoms with E-state index in [1.165, 1.54) is 0 Å². The van der Waals surface area contributed by atoms with E-state index in [9.17, 15) is 4.79 Å². The number of hydrogen-bond acceptors (Lipinski definition) is 3. The standard InChI is InChI=1S/C23H20BrNO3/c1-14-17-6-4-5-7-19(17)28-22(14)23(26)25(2)13-15-8-10-18-16(12-15)9-11-20(27-3)21(18)24/h4-12H,13H2,1-3H3. The highest BCUT2D eigenvalue weighted by Gasteiger charge is 2.21. The third-order valence-electron chi connectivity index (χ3n) is 5.01. The molecule has 0 spiro atoms. The van der Waals surface area contributed by atoms with E-state index in [0.717, 1.165) is 43.1 Å². The Labute approximate surface area is 171 Å². The van der Waals surface area contributed by atoms with Crippen molar-refractivity contribution in [2.45, 2.75) is 13.5 Å². The molecule has 0 fully saturated rings. The fraction of sp³-hybridized carbons (Fsp3) is 0.174. The Kier molecular flexibility index (Phi) is 4.85. The normalized spacial score (nSPS) is 11.1. The topological polar surface area (TPSA) is 42.7 Å². The largest absolute Gasteiger partial charge is 0.496 e.